The summed E-state index contributed by atoms with van der Waals surface area (Å²) in [6, 6.07) is 9.94. The van der Waals surface area contributed by atoms with E-state index in [0.29, 0.717) is 6.42 Å². The highest BCUT2D eigenvalue weighted by Crippen LogP contribution is 2.21. The van der Waals surface area contributed by atoms with Crippen LogP contribution in [0.25, 0.3) is 0 Å². The summed E-state index contributed by atoms with van der Waals surface area (Å²) < 4.78 is 5.15. The van der Waals surface area contributed by atoms with Gasteiger partial charge in [-0.1, -0.05) is 37.3 Å². The van der Waals surface area contributed by atoms with E-state index in [9.17, 15) is 9.59 Å². The number of hydrogen-bond acceptors (Lipinski definition) is 3. The summed E-state index contributed by atoms with van der Waals surface area (Å²) in [5, 5.41) is 8.72. The van der Waals surface area contributed by atoms with Gasteiger partial charge in [0.15, 0.2) is 5.92 Å². The monoisotopic (exact) mass is 264 g/mol. The molecule has 0 amide bonds. The molecule has 3 atom stereocenters. The highest BCUT2D eigenvalue weighted by molar-refractivity contribution is 5.93. The van der Waals surface area contributed by atoms with Crippen molar-refractivity contribution in [3.63, 3.8) is 0 Å². The average Bonchev–Trinajstić information content (AvgIpc) is 2.38. The van der Waals surface area contributed by atoms with E-state index in [-0.39, 0.29) is 12.0 Å². The summed E-state index contributed by atoms with van der Waals surface area (Å²) in [4.78, 5) is 22.2. The molecule has 0 aliphatic rings. The van der Waals surface area contributed by atoms with Crippen molar-refractivity contribution in [1.82, 2.24) is 0 Å². The molecule has 0 aliphatic carbocycles. The lowest BCUT2D eigenvalue weighted by molar-refractivity contribution is -0.161. The van der Waals surface area contributed by atoms with Gasteiger partial charge in [-0.2, -0.15) is 0 Å². The fourth-order valence-electron chi connectivity index (χ4n) is 1.86. The van der Waals surface area contributed by atoms with Gasteiger partial charge in [-0.05, 0) is 31.7 Å². The van der Waals surface area contributed by atoms with Crippen molar-refractivity contribution in [2.24, 2.45) is 5.92 Å². The van der Waals surface area contributed by atoms with Gasteiger partial charge in [0.2, 0.25) is 0 Å². The zero-order valence-electron chi connectivity index (χ0n) is 11.5. The molecule has 1 rings (SSSR count). The van der Waals surface area contributed by atoms with Crippen LogP contribution >= 0.6 is 0 Å². The molecule has 0 saturated carbocycles. The molecule has 4 heteroatoms. The zero-order valence-corrected chi connectivity index (χ0v) is 11.5. The molecule has 0 bridgehead atoms. The number of carbonyl (C=O) groups excluding carboxylic acids is 1. The van der Waals surface area contributed by atoms with Crippen LogP contribution in [0.3, 0.4) is 0 Å². The van der Waals surface area contributed by atoms with E-state index in [1.165, 1.54) is 12.5 Å². The van der Waals surface area contributed by atoms with Gasteiger partial charge in [0.25, 0.3) is 0 Å². The molecular formula is C15H20O4. The summed E-state index contributed by atoms with van der Waals surface area (Å²) in [6.45, 7) is 5.17. The maximum atomic E-state index is 11.5. The Balaban J connectivity index is 2.49. The first-order valence-electron chi connectivity index (χ1n) is 6.40. The first kappa shape index (κ1) is 15.2. The molecule has 0 radical (unpaired) electrons. The second-order valence-corrected chi connectivity index (χ2v) is 4.85. The maximum Gasteiger partial charge on any atom is 0.320 e. The molecule has 1 N–H and O–H groups in total. The average molecular weight is 264 g/mol. The fourth-order valence-corrected chi connectivity index (χ4v) is 1.86. The number of carbonyl (C=O) groups is 2. The number of aliphatic carboxylic acids is 1. The van der Waals surface area contributed by atoms with Crippen molar-refractivity contribution >= 4 is 11.9 Å². The third-order valence-electron chi connectivity index (χ3n) is 3.10. The number of carboxylic acid groups (broad SMARTS) is 1. The normalized spacial score (nSPS) is 15.3. The molecule has 4 nitrogen and oxygen atoms in total. The topological polar surface area (TPSA) is 63.6 Å². The van der Waals surface area contributed by atoms with Crippen LogP contribution in [-0.2, 0) is 14.3 Å². The smallest absolute Gasteiger partial charge is 0.320 e. The fraction of sp³-hybridized carbons (Fsp3) is 0.467. The Kier molecular flexibility index (Phi) is 5.55. The molecule has 0 heterocycles. The zero-order chi connectivity index (χ0) is 14.4. The Morgan fingerprint density at radius 3 is 2.26 bits per heavy atom. The van der Waals surface area contributed by atoms with Crippen LogP contribution in [-0.4, -0.2) is 23.1 Å². The minimum absolute atomic E-state index is 0.254. The molecule has 104 valence electrons. The molecule has 0 aliphatic heterocycles. The van der Waals surface area contributed by atoms with E-state index in [1.807, 2.05) is 30.3 Å². The van der Waals surface area contributed by atoms with E-state index >= 15 is 0 Å². The van der Waals surface area contributed by atoms with E-state index in [2.05, 4.69) is 6.92 Å². The number of rotatable bonds is 6. The van der Waals surface area contributed by atoms with Crippen LogP contribution < -0.4 is 0 Å². The SMILES string of the molecule is CC(CC(C)c1ccccc1)OC(=O)C(C)C(=O)O. The van der Waals surface area contributed by atoms with Gasteiger partial charge >= 0.3 is 11.9 Å². The van der Waals surface area contributed by atoms with E-state index < -0.39 is 17.9 Å². The molecule has 0 saturated heterocycles. The van der Waals surface area contributed by atoms with Crippen LogP contribution in [0.2, 0.25) is 0 Å². The standard InChI is InChI=1S/C15H20O4/c1-10(13-7-5-4-6-8-13)9-11(2)19-15(18)12(3)14(16)17/h4-8,10-12H,9H2,1-3H3,(H,16,17). The molecule has 0 fully saturated rings. The van der Waals surface area contributed by atoms with Crippen molar-refractivity contribution in [2.75, 3.05) is 0 Å². The summed E-state index contributed by atoms with van der Waals surface area (Å²) >= 11 is 0. The number of benzene rings is 1. The molecule has 0 spiro atoms. The lowest BCUT2D eigenvalue weighted by Gasteiger charge is -2.19. The van der Waals surface area contributed by atoms with Crippen molar-refractivity contribution in [3.05, 3.63) is 35.9 Å². The second kappa shape index (κ2) is 6.92. The van der Waals surface area contributed by atoms with Gasteiger partial charge in [0, 0.05) is 0 Å². The first-order valence-corrected chi connectivity index (χ1v) is 6.40. The van der Waals surface area contributed by atoms with E-state index in [0.717, 1.165) is 0 Å². The van der Waals surface area contributed by atoms with Gasteiger partial charge in [0.1, 0.15) is 0 Å². The van der Waals surface area contributed by atoms with Crippen LogP contribution in [0.4, 0.5) is 0 Å². The molecule has 1 aromatic carbocycles. The highest BCUT2D eigenvalue weighted by Gasteiger charge is 2.24. The largest absolute Gasteiger partial charge is 0.481 e. The Morgan fingerprint density at radius 1 is 1.16 bits per heavy atom. The maximum absolute atomic E-state index is 11.5. The van der Waals surface area contributed by atoms with Crippen molar-refractivity contribution in [1.29, 1.82) is 0 Å². The minimum Gasteiger partial charge on any atom is -0.481 e. The number of ether oxygens (including phenoxy) is 1. The Labute approximate surface area is 113 Å². The lowest BCUT2D eigenvalue weighted by atomic mass is 9.95. The number of carboxylic acids is 1. The third kappa shape index (κ3) is 4.73. The van der Waals surface area contributed by atoms with E-state index in [4.69, 9.17) is 9.84 Å². The van der Waals surface area contributed by atoms with Crippen molar-refractivity contribution in [2.45, 2.75) is 39.2 Å². The molecule has 1 aromatic rings. The number of hydrogen-bond donors (Lipinski definition) is 1. The van der Waals surface area contributed by atoms with Gasteiger partial charge < -0.3 is 9.84 Å². The summed E-state index contributed by atoms with van der Waals surface area (Å²) in [5.41, 5.74) is 1.18. The predicted molar refractivity (Wildman–Crippen MR) is 71.8 cm³/mol. The van der Waals surface area contributed by atoms with Crippen molar-refractivity contribution in [3.8, 4) is 0 Å². The summed E-state index contributed by atoms with van der Waals surface area (Å²) in [5.74, 6) is -2.70. The van der Waals surface area contributed by atoms with Gasteiger partial charge in [-0.15, -0.1) is 0 Å². The van der Waals surface area contributed by atoms with Gasteiger partial charge in [-0.25, -0.2) is 0 Å². The molecule has 19 heavy (non-hydrogen) atoms. The predicted octanol–water partition coefficient (Wildman–Crippen LogP) is 2.83. The quantitative estimate of drug-likeness (QED) is 0.634. The molecule has 3 unspecified atom stereocenters. The third-order valence-corrected chi connectivity index (χ3v) is 3.10. The van der Waals surface area contributed by atoms with Gasteiger partial charge in [-0.3, -0.25) is 9.59 Å². The molecular weight excluding hydrogens is 244 g/mol. The van der Waals surface area contributed by atoms with Crippen LogP contribution in [0.5, 0.6) is 0 Å². The summed E-state index contributed by atoms with van der Waals surface area (Å²) in [6.07, 6.45) is 0.367. The lowest BCUT2D eigenvalue weighted by Crippen LogP contribution is -2.27. The van der Waals surface area contributed by atoms with Crippen LogP contribution in [0, 0.1) is 5.92 Å². The minimum atomic E-state index is -1.16. The first-order chi connectivity index (χ1) is 8.91. The Hall–Kier alpha value is -1.84. The van der Waals surface area contributed by atoms with Crippen molar-refractivity contribution < 1.29 is 19.4 Å². The van der Waals surface area contributed by atoms with Crippen LogP contribution in [0.15, 0.2) is 30.3 Å². The summed E-state index contributed by atoms with van der Waals surface area (Å²) in [7, 11) is 0. The second-order valence-electron chi connectivity index (χ2n) is 4.85. The Morgan fingerprint density at radius 2 is 1.74 bits per heavy atom. The van der Waals surface area contributed by atoms with Crippen LogP contribution in [0.1, 0.15) is 38.7 Å². The number of esters is 1. The van der Waals surface area contributed by atoms with E-state index in [1.54, 1.807) is 6.92 Å². The molecule has 0 aromatic heterocycles. The Bertz CT molecular complexity index is 427. The highest BCUT2D eigenvalue weighted by atomic mass is 16.5. The van der Waals surface area contributed by atoms with Gasteiger partial charge in [0.05, 0.1) is 6.10 Å².